The van der Waals surface area contributed by atoms with Gasteiger partial charge in [-0.2, -0.15) is 4.31 Å². The van der Waals surface area contributed by atoms with Crippen molar-refractivity contribution in [3.63, 3.8) is 0 Å². The van der Waals surface area contributed by atoms with Crippen LogP contribution in [0.4, 0.5) is 0 Å². The number of nitrogens with zero attached hydrogens (tertiary/aromatic N) is 2. The zero-order valence-electron chi connectivity index (χ0n) is 8.86. The van der Waals surface area contributed by atoms with Crippen LogP contribution in [0.3, 0.4) is 0 Å². The van der Waals surface area contributed by atoms with Crippen molar-refractivity contribution in [2.24, 2.45) is 0 Å². The third kappa shape index (κ3) is 2.72. The minimum atomic E-state index is -3.00. The maximum Gasteiger partial charge on any atom is 0.211 e. The Hall–Kier alpha value is -0.550. The SMILES string of the molecule is C=C(CC)N1CCN(S(C)(=O)=O)CC1. The van der Waals surface area contributed by atoms with Gasteiger partial charge < -0.3 is 4.90 Å². The Balaban J connectivity index is 2.51. The monoisotopic (exact) mass is 218 g/mol. The van der Waals surface area contributed by atoms with Crippen LogP contribution in [-0.2, 0) is 10.0 Å². The predicted octanol–water partition coefficient (Wildman–Crippen LogP) is 0.487. The summed E-state index contributed by atoms with van der Waals surface area (Å²) in [5.41, 5.74) is 1.10. The van der Waals surface area contributed by atoms with Crippen molar-refractivity contribution in [2.75, 3.05) is 32.4 Å². The number of allylic oxidation sites excluding steroid dienone is 1. The molecule has 1 fully saturated rings. The van der Waals surface area contributed by atoms with Crippen LogP contribution in [0, 0.1) is 0 Å². The fraction of sp³-hybridized carbons (Fsp3) is 0.778. The molecule has 0 amide bonds. The lowest BCUT2D eigenvalue weighted by atomic mass is 10.3. The molecule has 0 atom stereocenters. The van der Waals surface area contributed by atoms with E-state index in [1.54, 1.807) is 0 Å². The highest BCUT2D eigenvalue weighted by atomic mass is 32.2. The van der Waals surface area contributed by atoms with E-state index in [4.69, 9.17) is 0 Å². The molecule has 1 rings (SSSR count). The Morgan fingerprint density at radius 1 is 1.29 bits per heavy atom. The minimum absolute atomic E-state index is 0.581. The molecule has 0 aromatic rings. The van der Waals surface area contributed by atoms with Gasteiger partial charge in [0.1, 0.15) is 0 Å². The van der Waals surface area contributed by atoms with Gasteiger partial charge in [0, 0.05) is 31.9 Å². The van der Waals surface area contributed by atoms with Crippen molar-refractivity contribution in [1.82, 2.24) is 9.21 Å². The molecule has 1 aliphatic rings. The van der Waals surface area contributed by atoms with Gasteiger partial charge in [-0.1, -0.05) is 13.5 Å². The summed E-state index contributed by atoms with van der Waals surface area (Å²) in [5, 5.41) is 0. The van der Waals surface area contributed by atoms with Crippen molar-refractivity contribution >= 4 is 10.0 Å². The van der Waals surface area contributed by atoms with E-state index in [1.165, 1.54) is 10.6 Å². The van der Waals surface area contributed by atoms with Gasteiger partial charge in [0.15, 0.2) is 0 Å². The maximum absolute atomic E-state index is 11.2. The molecule has 0 aromatic heterocycles. The molecule has 1 saturated heterocycles. The summed E-state index contributed by atoms with van der Waals surface area (Å²) in [6.45, 7) is 8.69. The van der Waals surface area contributed by atoms with Gasteiger partial charge in [0.2, 0.25) is 10.0 Å². The molecule has 5 heteroatoms. The fourth-order valence-corrected chi connectivity index (χ4v) is 2.39. The summed E-state index contributed by atoms with van der Waals surface area (Å²) >= 11 is 0. The normalized spacial score (nSPS) is 19.7. The molecule has 82 valence electrons. The second-order valence-electron chi connectivity index (χ2n) is 3.57. The molecule has 4 nitrogen and oxygen atoms in total. The van der Waals surface area contributed by atoms with E-state index in [2.05, 4.69) is 18.4 Å². The average Bonchev–Trinajstić information content (AvgIpc) is 2.15. The zero-order valence-corrected chi connectivity index (χ0v) is 9.68. The third-order valence-electron chi connectivity index (χ3n) is 2.56. The summed E-state index contributed by atoms with van der Waals surface area (Å²) < 4.78 is 24.0. The zero-order chi connectivity index (χ0) is 10.8. The molecule has 14 heavy (non-hydrogen) atoms. The number of hydrogen-bond donors (Lipinski definition) is 0. The standard InChI is InChI=1S/C9H18N2O2S/c1-4-9(2)10-5-7-11(8-6-10)14(3,12)13/h2,4-8H2,1,3H3. The van der Waals surface area contributed by atoms with Crippen molar-refractivity contribution in [1.29, 1.82) is 0 Å². The van der Waals surface area contributed by atoms with E-state index in [-0.39, 0.29) is 0 Å². The lowest BCUT2D eigenvalue weighted by Gasteiger charge is -2.35. The molecule has 0 radical (unpaired) electrons. The Bertz CT molecular complexity index is 303. The number of hydrogen-bond acceptors (Lipinski definition) is 3. The number of rotatable bonds is 3. The van der Waals surface area contributed by atoms with Gasteiger partial charge in [-0.05, 0) is 6.42 Å². The van der Waals surface area contributed by atoms with Gasteiger partial charge in [-0.3, -0.25) is 0 Å². The van der Waals surface area contributed by atoms with Gasteiger partial charge >= 0.3 is 0 Å². The van der Waals surface area contributed by atoms with Crippen molar-refractivity contribution < 1.29 is 8.42 Å². The Kier molecular flexibility index (Phi) is 3.55. The summed E-state index contributed by atoms with van der Waals surface area (Å²) in [5.74, 6) is 0. The van der Waals surface area contributed by atoms with Crippen LogP contribution in [0.1, 0.15) is 13.3 Å². The van der Waals surface area contributed by atoms with E-state index in [0.29, 0.717) is 13.1 Å². The first-order chi connectivity index (χ1) is 6.45. The molecule has 0 N–H and O–H groups in total. The molecule has 0 bridgehead atoms. The van der Waals surface area contributed by atoms with Crippen LogP contribution >= 0.6 is 0 Å². The van der Waals surface area contributed by atoms with Gasteiger partial charge in [0.25, 0.3) is 0 Å². The van der Waals surface area contributed by atoms with Gasteiger partial charge in [0.05, 0.1) is 6.26 Å². The highest BCUT2D eigenvalue weighted by Crippen LogP contribution is 2.12. The molecule has 1 aliphatic heterocycles. The van der Waals surface area contributed by atoms with Crippen LogP contribution in [0.25, 0.3) is 0 Å². The minimum Gasteiger partial charge on any atom is -0.373 e. The first-order valence-corrected chi connectivity index (χ1v) is 6.68. The van der Waals surface area contributed by atoms with E-state index in [9.17, 15) is 8.42 Å². The number of sulfonamides is 1. The van der Waals surface area contributed by atoms with Crippen LogP contribution in [-0.4, -0.2) is 50.1 Å². The second kappa shape index (κ2) is 4.31. The van der Waals surface area contributed by atoms with E-state index in [0.717, 1.165) is 25.2 Å². The van der Waals surface area contributed by atoms with E-state index >= 15 is 0 Å². The summed E-state index contributed by atoms with van der Waals surface area (Å²) in [6.07, 6.45) is 2.19. The summed E-state index contributed by atoms with van der Waals surface area (Å²) in [7, 11) is -3.00. The van der Waals surface area contributed by atoms with Gasteiger partial charge in [-0.25, -0.2) is 8.42 Å². The fourth-order valence-electron chi connectivity index (χ4n) is 1.56. The highest BCUT2D eigenvalue weighted by Gasteiger charge is 2.23. The van der Waals surface area contributed by atoms with Crippen LogP contribution < -0.4 is 0 Å². The van der Waals surface area contributed by atoms with Gasteiger partial charge in [-0.15, -0.1) is 0 Å². The van der Waals surface area contributed by atoms with Crippen molar-refractivity contribution in [2.45, 2.75) is 13.3 Å². The molecule has 0 saturated carbocycles. The van der Waals surface area contributed by atoms with Crippen molar-refractivity contribution in [3.8, 4) is 0 Å². The maximum atomic E-state index is 11.2. The summed E-state index contributed by atoms with van der Waals surface area (Å²) in [6, 6.07) is 0. The quantitative estimate of drug-likeness (QED) is 0.692. The molecular weight excluding hydrogens is 200 g/mol. The average molecular weight is 218 g/mol. The molecule has 0 aromatic carbocycles. The lowest BCUT2D eigenvalue weighted by molar-refractivity contribution is 0.226. The first-order valence-electron chi connectivity index (χ1n) is 4.83. The van der Waals surface area contributed by atoms with Crippen LogP contribution in [0.15, 0.2) is 12.3 Å². The molecule has 0 spiro atoms. The Morgan fingerprint density at radius 2 is 1.79 bits per heavy atom. The number of piperazine rings is 1. The van der Waals surface area contributed by atoms with Crippen LogP contribution in [0.2, 0.25) is 0 Å². The van der Waals surface area contributed by atoms with E-state index < -0.39 is 10.0 Å². The molecule has 0 aliphatic carbocycles. The summed E-state index contributed by atoms with van der Waals surface area (Å²) in [4.78, 5) is 2.15. The predicted molar refractivity (Wildman–Crippen MR) is 57.4 cm³/mol. The molecule has 1 heterocycles. The van der Waals surface area contributed by atoms with E-state index in [1.807, 2.05) is 0 Å². The van der Waals surface area contributed by atoms with Crippen molar-refractivity contribution in [3.05, 3.63) is 12.3 Å². The Labute approximate surface area is 86.2 Å². The highest BCUT2D eigenvalue weighted by molar-refractivity contribution is 7.88. The van der Waals surface area contributed by atoms with Crippen LogP contribution in [0.5, 0.6) is 0 Å². The largest absolute Gasteiger partial charge is 0.373 e. The topological polar surface area (TPSA) is 40.6 Å². The lowest BCUT2D eigenvalue weighted by Crippen LogP contribution is -2.47. The molecular formula is C9H18N2O2S. The smallest absolute Gasteiger partial charge is 0.211 e. The first kappa shape index (κ1) is 11.5. The molecule has 0 unspecified atom stereocenters. The third-order valence-corrected chi connectivity index (χ3v) is 3.87. The Morgan fingerprint density at radius 3 is 2.14 bits per heavy atom. The second-order valence-corrected chi connectivity index (χ2v) is 5.55.